The van der Waals surface area contributed by atoms with Gasteiger partial charge in [0.25, 0.3) is 0 Å². The first-order valence-corrected chi connectivity index (χ1v) is 6.52. The van der Waals surface area contributed by atoms with Crippen molar-refractivity contribution in [3.8, 4) is 17.0 Å². The SMILES string of the molecule is NCc1nnc2ccc(-c3ccc4c(c3)CCO4)nn12. The van der Waals surface area contributed by atoms with E-state index in [0.717, 1.165) is 30.0 Å². The van der Waals surface area contributed by atoms with E-state index in [1.54, 1.807) is 4.52 Å². The van der Waals surface area contributed by atoms with Crippen molar-refractivity contribution in [3.63, 3.8) is 0 Å². The first kappa shape index (κ1) is 11.4. The van der Waals surface area contributed by atoms with E-state index in [2.05, 4.69) is 21.4 Å². The number of nitrogens with two attached hydrogens (primary N) is 1. The van der Waals surface area contributed by atoms with E-state index in [1.807, 2.05) is 24.3 Å². The fourth-order valence-electron chi connectivity index (χ4n) is 2.46. The summed E-state index contributed by atoms with van der Waals surface area (Å²) in [5.74, 6) is 1.63. The number of benzene rings is 1. The van der Waals surface area contributed by atoms with Gasteiger partial charge < -0.3 is 10.5 Å². The summed E-state index contributed by atoms with van der Waals surface area (Å²) >= 11 is 0. The molecule has 3 aromatic rings. The second-order valence-electron chi connectivity index (χ2n) is 4.73. The van der Waals surface area contributed by atoms with Crippen LogP contribution in [0.2, 0.25) is 0 Å². The summed E-state index contributed by atoms with van der Waals surface area (Å²) in [5.41, 5.74) is 9.52. The Hall–Kier alpha value is -2.47. The highest BCUT2D eigenvalue weighted by molar-refractivity contribution is 5.63. The summed E-state index contributed by atoms with van der Waals surface area (Å²) in [7, 11) is 0. The Bertz CT molecular complexity index is 795. The quantitative estimate of drug-likeness (QED) is 0.754. The first-order chi connectivity index (χ1) is 9.85. The van der Waals surface area contributed by atoms with E-state index in [9.17, 15) is 0 Å². The van der Waals surface area contributed by atoms with Gasteiger partial charge in [0.2, 0.25) is 0 Å². The summed E-state index contributed by atoms with van der Waals surface area (Å²) in [5, 5.41) is 12.6. The lowest BCUT2D eigenvalue weighted by atomic mass is 10.1. The predicted molar refractivity (Wildman–Crippen MR) is 73.3 cm³/mol. The Morgan fingerprint density at radius 1 is 1.20 bits per heavy atom. The minimum Gasteiger partial charge on any atom is -0.493 e. The molecule has 0 atom stereocenters. The molecule has 0 saturated heterocycles. The Morgan fingerprint density at radius 2 is 2.15 bits per heavy atom. The minimum atomic E-state index is 0.315. The first-order valence-electron chi connectivity index (χ1n) is 6.52. The summed E-state index contributed by atoms with van der Waals surface area (Å²) in [6, 6.07) is 9.99. The zero-order valence-electron chi connectivity index (χ0n) is 10.8. The topological polar surface area (TPSA) is 78.3 Å². The molecule has 20 heavy (non-hydrogen) atoms. The summed E-state index contributed by atoms with van der Waals surface area (Å²) in [4.78, 5) is 0. The molecule has 1 aromatic carbocycles. The molecule has 0 bridgehead atoms. The molecule has 3 heterocycles. The van der Waals surface area contributed by atoms with Crippen molar-refractivity contribution in [2.24, 2.45) is 5.73 Å². The predicted octanol–water partition coefficient (Wildman–Crippen LogP) is 1.18. The molecular formula is C14H13N5O. The number of fused-ring (bicyclic) bond motifs is 2. The Kier molecular flexibility index (Phi) is 2.43. The van der Waals surface area contributed by atoms with E-state index in [4.69, 9.17) is 10.5 Å². The van der Waals surface area contributed by atoms with Gasteiger partial charge in [-0.1, -0.05) is 0 Å². The van der Waals surface area contributed by atoms with Crippen LogP contribution in [0.15, 0.2) is 30.3 Å². The van der Waals surface area contributed by atoms with Crippen LogP contribution in [0.5, 0.6) is 5.75 Å². The highest BCUT2D eigenvalue weighted by atomic mass is 16.5. The molecule has 0 amide bonds. The molecule has 0 saturated carbocycles. The van der Waals surface area contributed by atoms with Crippen LogP contribution in [0.25, 0.3) is 16.9 Å². The number of hydrogen-bond acceptors (Lipinski definition) is 5. The maximum atomic E-state index is 5.64. The molecule has 2 N–H and O–H groups in total. The molecule has 4 rings (SSSR count). The maximum Gasteiger partial charge on any atom is 0.177 e. The van der Waals surface area contributed by atoms with Crippen LogP contribution in [-0.4, -0.2) is 26.4 Å². The van der Waals surface area contributed by atoms with Gasteiger partial charge >= 0.3 is 0 Å². The normalized spacial score (nSPS) is 13.4. The lowest BCUT2D eigenvalue weighted by Gasteiger charge is -2.04. The Labute approximate surface area is 115 Å². The number of rotatable bonds is 2. The van der Waals surface area contributed by atoms with Gasteiger partial charge in [0.1, 0.15) is 5.75 Å². The van der Waals surface area contributed by atoms with Gasteiger partial charge in [0.05, 0.1) is 18.8 Å². The lowest BCUT2D eigenvalue weighted by Crippen LogP contribution is -2.05. The van der Waals surface area contributed by atoms with Crippen molar-refractivity contribution in [1.82, 2.24) is 19.8 Å². The van der Waals surface area contributed by atoms with Crippen molar-refractivity contribution < 1.29 is 4.74 Å². The van der Waals surface area contributed by atoms with Crippen molar-refractivity contribution in [2.75, 3.05) is 6.61 Å². The fraction of sp³-hybridized carbons (Fsp3) is 0.214. The Morgan fingerprint density at radius 3 is 3.05 bits per heavy atom. The summed E-state index contributed by atoms with van der Waals surface area (Å²) < 4.78 is 7.22. The Balaban J connectivity index is 1.85. The molecule has 0 spiro atoms. The van der Waals surface area contributed by atoms with Crippen molar-refractivity contribution >= 4 is 5.65 Å². The molecule has 6 nitrogen and oxygen atoms in total. The molecule has 0 radical (unpaired) electrons. The molecule has 1 aliphatic rings. The average Bonchev–Trinajstić information content (AvgIpc) is 3.12. The van der Waals surface area contributed by atoms with Crippen LogP contribution < -0.4 is 10.5 Å². The van der Waals surface area contributed by atoms with Gasteiger partial charge in [-0.2, -0.15) is 9.61 Å². The van der Waals surface area contributed by atoms with E-state index < -0.39 is 0 Å². The van der Waals surface area contributed by atoms with Crippen LogP contribution in [-0.2, 0) is 13.0 Å². The average molecular weight is 267 g/mol. The van der Waals surface area contributed by atoms with Gasteiger partial charge in [-0.15, -0.1) is 10.2 Å². The van der Waals surface area contributed by atoms with Crippen molar-refractivity contribution in [3.05, 3.63) is 41.7 Å². The molecule has 2 aromatic heterocycles. The molecule has 1 aliphatic heterocycles. The maximum absolute atomic E-state index is 5.64. The third-order valence-corrected chi connectivity index (χ3v) is 3.50. The van der Waals surface area contributed by atoms with Crippen LogP contribution in [0.3, 0.4) is 0 Å². The second kappa shape index (κ2) is 4.28. The third-order valence-electron chi connectivity index (χ3n) is 3.50. The van der Waals surface area contributed by atoms with Gasteiger partial charge in [-0.3, -0.25) is 0 Å². The van der Waals surface area contributed by atoms with Crippen molar-refractivity contribution in [1.29, 1.82) is 0 Å². The lowest BCUT2D eigenvalue weighted by molar-refractivity contribution is 0.357. The van der Waals surface area contributed by atoms with Crippen LogP contribution >= 0.6 is 0 Å². The summed E-state index contributed by atoms with van der Waals surface area (Å²) in [6.07, 6.45) is 0.950. The third kappa shape index (κ3) is 1.65. The number of nitrogens with zero attached hydrogens (tertiary/aromatic N) is 4. The highest BCUT2D eigenvalue weighted by Crippen LogP contribution is 2.29. The van der Waals surface area contributed by atoms with E-state index in [0.29, 0.717) is 18.0 Å². The fourth-order valence-corrected chi connectivity index (χ4v) is 2.46. The zero-order chi connectivity index (χ0) is 13.5. The highest BCUT2D eigenvalue weighted by Gasteiger charge is 2.14. The van der Waals surface area contributed by atoms with Gasteiger partial charge in [0.15, 0.2) is 11.5 Å². The van der Waals surface area contributed by atoms with Crippen molar-refractivity contribution in [2.45, 2.75) is 13.0 Å². The van der Waals surface area contributed by atoms with Gasteiger partial charge in [-0.05, 0) is 35.9 Å². The monoisotopic (exact) mass is 267 g/mol. The van der Waals surface area contributed by atoms with Gasteiger partial charge in [0, 0.05) is 12.0 Å². The minimum absolute atomic E-state index is 0.315. The molecule has 6 heteroatoms. The largest absolute Gasteiger partial charge is 0.493 e. The number of hydrogen-bond donors (Lipinski definition) is 1. The van der Waals surface area contributed by atoms with Crippen LogP contribution in [0.1, 0.15) is 11.4 Å². The molecule has 0 fully saturated rings. The molecule has 0 aliphatic carbocycles. The number of ether oxygens (including phenoxy) is 1. The van der Waals surface area contributed by atoms with E-state index >= 15 is 0 Å². The molecule has 100 valence electrons. The van der Waals surface area contributed by atoms with Crippen LogP contribution in [0.4, 0.5) is 0 Å². The second-order valence-corrected chi connectivity index (χ2v) is 4.73. The molecule has 0 unspecified atom stereocenters. The smallest absolute Gasteiger partial charge is 0.177 e. The summed E-state index contributed by atoms with van der Waals surface area (Å²) in [6.45, 7) is 1.07. The van der Waals surface area contributed by atoms with E-state index in [-0.39, 0.29) is 0 Å². The van der Waals surface area contributed by atoms with E-state index in [1.165, 1.54) is 5.56 Å². The van der Waals surface area contributed by atoms with Crippen LogP contribution in [0, 0.1) is 0 Å². The van der Waals surface area contributed by atoms with Gasteiger partial charge in [-0.25, -0.2) is 0 Å². The molecular weight excluding hydrogens is 254 g/mol. The number of aromatic nitrogens is 4. The zero-order valence-corrected chi connectivity index (χ0v) is 10.8. The standard InChI is InChI=1S/C14H13N5O/c15-8-14-17-16-13-4-2-11(18-19(13)14)9-1-3-12-10(7-9)5-6-20-12/h1-4,7H,5-6,8,15H2.